The molecular weight excluding hydrogens is 156 g/mol. The van der Waals surface area contributed by atoms with E-state index in [2.05, 4.69) is 10.3 Å². The van der Waals surface area contributed by atoms with E-state index < -0.39 is 0 Å². The molecule has 2 N–H and O–H groups in total. The minimum atomic E-state index is -0.00755. The number of nitrogens with zero attached hydrogens (tertiary/aromatic N) is 1. The molecule has 1 aliphatic rings. The zero-order valence-electron chi connectivity index (χ0n) is 7.42. The standard InChI is InChI=1S/C8H16N2O2/c1-12-6-7(5-11)10-8-3-2-4-9-8/h7,11H,2-6H2,1H3,(H,9,10). The van der Waals surface area contributed by atoms with Crippen molar-refractivity contribution >= 4 is 5.84 Å². The Morgan fingerprint density at radius 2 is 2.58 bits per heavy atom. The molecule has 1 heterocycles. The monoisotopic (exact) mass is 172 g/mol. The van der Waals surface area contributed by atoms with Gasteiger partial charge in [0, 0.05) is 20.1 Å². The molecule has 0 aromatic heterocycles. The van der Waals surface area contributed by atoms with Crippen LogP contribution in [0.5, 0.6) is 0 Å². The molecule has 0 aliphatic carbocycles. The first-order chi connectivity index (χ1) is 5.86. The van der Waals surface area contributed by atoms with Crippen LogP contribution < -0.4 is 5.32 Å². The maximum absolute atomic E-state index is 8.92. The van der Waals surface area contributed by atoms with Gasteiger partial charge in [0.25, 0.3) is 0 Å². The van der Waals surface area contributed by atoms with E-state index in [1.54, 1.807) is 7.11 Å². The highest BCUT2D eigenvalue weighted by molar-refractivity contribution is 5.83. The van der Waals surface area contributed by atoms with E-state index in [9.17, 15) is 0 Å². The van der Waals surface area contributed by atoms with Crippen molar-refractivity contribution in [2.75, 3.05) is 26.9 Å². The summed E-state index contributed by atoms with van der Waals surface area (Å²) in [6, 6.07) is -0.00755. The smallest absolute Gasteiger partial charge is 0.0967 e. The van der Waals surface area contributed by atoms with E-state index in [1.165, 1.54) is 0 Å². The Morgan fingerprint density at radius 1 is 1.75 bits per heavy atom. The second-order valence-corrected chi connectivity index (χ2v) is 2.91. The summed E-state index contributed by atoms with van der Waals surface area (Å²) in [5.41, 5.74) is 0. The lowest BCUT2D eigenvalue weighted by Crippen LogP contribution is -2.39. The Morgan fingerprint density at radius 3 is 3.08 bits per heavy atom. The summed E-state index contributed by atoms with van der Waals surface area (Å²) >= 11 is 0. The SMILES string of the molecule is COCC(CO)NC1=NCCC1. The Balaban J connectivity index is 2.25. The van der Waals surface area contributed by atoms with Crippen molar-refractivity contribution in [1.29, 1.82) is 0 Å². The Labute approximate surface area is 72.6 Å². The van der Waals surface area contributed by atoms with Crippen molar-refractivity contribution in [1.82, 2.24) is 5.32 Å². The highest BCUT2D eigenvalue weighted by Gasteiger charge is 2.11. The molecule has 12 heavy (non-hydrogen) atoms. The first-order valence-electron chi connectivity index (χ1n) is 4.26. The minimum absolute atomic E-state index is 0.00755. The summed E-state index contributed by atoms with van der Waals surface area (Å²) in [6.45, 7) is 1.52. The van der Waals surface area contributed by atoms with Gasteiger partial charge in [-0.2, -0.15) is 0 Å². The lowest BCUT2D eigenvalue weighted by molar-refractivity contribution is 0.137. The first-order valence-corrected chi connectivity index (χ1v) is 4.26. The van der Waals surface area contributed by atoms with Crippen LogP contribution in [-0.2, 0) is 4.74 Å². The number of amidine groups is 1. The highest BCUT2D eigenvalue weighted by Crippen LogP contribution is 2.01. The topological polar surface area (TPSA) is 53.9 Å². The zero-order valence-corrected chi connectivity index (χ0v) is 7.42. The summed E-state index contributed by atoms with van der Waals surface area (Å²) in [6.07, 6.45) is 2.12. The fourth-order valence-electron chi connectivity index (χ4n) is 1.23. The zero-order chi connectivity index (χ0) is 8.81. The number of hydrogen-bond donors (Lipinski definition) is 2. The summed E-state index contributed by atoms with van der Waals surface area (Å²) in [5.74, 6) is 1.01. The first kappa shape index (κ1) is 9.48. The van der Waals surface area contributed by atoms with Crippen molar-refractivity contribution in [3.63, 3.8) is 0 Å². The van der Waals surface area contributed by atoms with Crippen LogP contribution in [0.2, 0.25) is 0 Å². The van der Waals surface area contributed by atoms with E-state index in [4.69, 9.17) is 9.84 Å². The van der Waals surface area contributed by atoms with Gasteiger partial charge in [0.2, 0.25) is 0 Å². The molecule has 0 saturated heterocycles. The summed E-state index contributed by atoms with van der Waals surface area (Å²) in [5, 5.41) is 12.1. The number of hydrogen-bond acceptors (Lipinski definition) is 4. The quantitative estimate of drug-likeness (QED) is 0.616. The molecule has 0 aromatic carbocycles. The molecule has 0 spiro atoms. The molecule has 4 nitrogen and oxygen atoms in total. The van der Waals surface area contributed by atoms with Crippen LogP contribution in [0.15, 0.2) is 4.99 Å². The molecular formula is C8H16N2O2. The third-order valence-corrected chi connectivity index (χ3v) is 1.83. The lowest BCUT2D eigenvalue weighted by atomic mass is 10.3. The molecule has 0 radical (unpaired) electrons. The molecule has 0 saturated carbocycles. The number of nitrogens with one attached hydrogen (secondary N) is 1. The predicted octanol–water partition coefficient (Wildman–Crippen LogP) is -0.224. The predicted molar refractivity (Wildman–Crippen MR) is 47.4 cm³/mol. The van der Waals surface area contributed by atoms with E-state index in [1.807, 2.05) is 0 Å². The van der Waals surface area contributed by atoms with Crippen LogP contribution >= 0.6 is 0 Å². The van der Waals surface area contributed by atoms with Gasteiger partial charge in [0.05, 0.1) is 25.1 Å². The van der Waals surface area contributed by atoms with E-state index in [-0.39, 0.29) is 12.6 Å². The van der Waals surface area contributed by atoms with Gasteiger partial charge in [0.15, 0.2) is 0 Å². The molecule has 1 atom stereocenters. The van der Waals surface area contributed by atoms with Gasteiger partial charge in [-0.3, -0.25) is 4.99 Å². The van der Waals surface area contributed by atoms with Crippen molar-refractivity contribution in [2.45, 2.75) is 18.9 Å². The fraction of sp³-hybridized carbons (Fsp3) is 0.875. The molecule has 4 heteroatoms. The van der Waals surface area contributed by atoms with Crippen molar-refractivity contribution in [2.24, 2.45) is 4.99 Å². The molecule has 1 unspecified atom stereocenters. The summed E-state index contributed by atoms with van der Waals surface area (Å²) < 4.78 is 4.93. The number of aliphatic hydroxyl groups excluding tert-OH is 1. The second kappa shape index (κ2) is 5.11. The molecule has 70 valence electrons. The third-order valence-electron chi connectivity index (χ3n) is 1.83. The van der Waals surface area contributed by atoms with Crippen LogP contribution in [0.4, 0.5) is 0 Å². The molecule has 0 fully saturated rings. The molecule has 1 rings (SSSR count). The van der Waals surface area contributed by atoms with Gasteiger partial charge in [0.1, 0.15) is 0 Å². The number of aliphatic hydroxyl groups is 1. The van der Waals surface area contributed by atoms with Gasteiger partial charge in [-0.1, -0.05) is 0 Å². The number of aliphatic imine (C=N–C) groups is 1. The number of rotatable bonds is 4. The summed E-state index contributed by atoms with van der Waals surface area (Å²) in [7, 11) is 1.63. The van der Waals surface area contributed by atoms with Crippen LogP contribution in [0.3, 0.4) is 0 Å². The van der Waals surface area contributed by atoms with Gasteiger partial charge >= 0.3 is 0 Å². The van der Waals surface area contributed by atoms with Crippen LogP contribution in [0.1, 0.15) is 12.8 Å². The van der Waals surface area contributed by atoms with E-state index >= 15 is 0 Å². The second-order valence-electron chi connectivity index (χ2n) is 2.91. The van der Waals surface area contributed by atoms with Crippen LogP contribution in [0.25, 0.3) is 0 Å². The van der Waals surface area contributed by atoms with Gasteiger partial charge in [-0.15, -0.1) is 0 Å². The Bertz CT molecular complexity index is 159. The van der Waals surface area contributed by atoms with Gasteiger partial charge in [-0.05, 0) is 6.42 Å². The van der Waals surface area contributed by atoms with Gasteiger partial charge < -0.3 is 15.2 Å². The summed E-state index contributed by atoms with van der Waals surface area (Å²) in [4.78, 5) is 4.24. The fourth-order valence-corrected chi connectivity index (χ4v) is 1.23. The average molecular weight is 172 g/mol. The third kappa shape index (κ3) is 2.79. The minimum Gasteiger partial charge on any atom is -0.394 e. The number of methoxy groups -OCH3 is 1. The van der Waals surface area contributed by atoms with E-state index in [0.29, 0.717) is 6.61 Å². The van der Waals surface area contributed by atoms with Crippen LogP contribution in [-0.4, -0.2) is 43.9 Å². The largest absolute Gasteiger partial charge is 0.394 e. The molecule has 1 aliphatic heterocycles. The maximum atomic E-state index is 8.92. The van der Waals surface area contributed by atoms with Crippen molar-refractivity contribution in [3.8, 4) is 0 Å². The molecule has 0 aromatic rings. The normalized spacial score (nSPS) is 19.0. The van der Waals surface area contributed by atoms with Crippen molar-refractivity contribution in [3.05, 3.63) is 0 Å². The van der Waals surface area contributed by atoms with Crippen molar-refractivity contribution < 1.29 is 9.84 Å². The average Bonchev–Trinajstić information content (AvgIpc) is 2.56. The van der Waals surface area contributed by atoms with Gasteiger partial charge in [-0.25, -0.2) is 0 Å². The Hall–Kier alpha value is -0.610. The Kier molecular flexibility index (Phi) is 4.04. The molecule has 0 amide bonds. The maximum Gasteiger partial charge on any atom is 0.0967 e. The van der Waals surface area contributed by atoms with E-state index in [0.717, 1.165) is 25.2 Å². The molecule has 0 bridgehead atoms. The lowest BCUT2D eigenvalue weighted by Gasteiger charge is -2.15. The number of ether oxygens (including phenoxy) is 1. The highest BCUT2D eigenvalue weighted by atomic mass is 16.5. The van der Waals surface area contributed by atoms with Crippen LogP contribution in [0, 0.1) is 0 Å².